The summed E-state index contributed by atoms with van der Waals surface area (Å²) in [6.07, 6.45) is 12.0. The van der Waals surface area contributed by atoms with Crippen LogP contribution in [0.1, 0.15) is 82.3 Å². The number of nitrogens with zero attached hydrogens (tertiary/aromatic N) is 1. The second-order valence-electron chi connectivity index (χ2n) is 10.3. The number of aromatic amines is 1. The van der Waals surface area contributed by atoms with Crippen molar-refractivity contribution in [2.75, 3.05) is 19.9 Å². The van der Waals surface area contributed by atoms with Crippen molar-refractivity contribution in [1.29, 1.82) is 0 Å². The predicted molar refractivity (Wildman–Crippen MR) is 146 cm³/mol. The van der Waals surface area contributed by atoms with Gasteiger partial charge in [0.1, 0.15) is 0 Å². The number of H-pyrrole nitrogens is 1. The van der Waals surface area contributed by atoms with Crippen LogP contribution < -0.4 is 14.8 Å². The summed E-state index contributed by atoms with van der Waals surface area (Å²) in [5.41, 5.74) is 6.93. The van der Waals surface area contributed by atoms with Crippen molar-refractivity contribution in [3.05, 3.63) is 65.0 Å². The van der Waals surface area contributed by atoms with E-state index in [0.717, 1.165) is 53.7 Å². The maximum Gasteiger partial charge on any atom is 0.231 e. The molecule has 0 radical (unpaired) electrons. The van der Waals surface area contributed by atoms with Crippen LogP contribution >= 0.6 is 0 Å². The topological polar surface area (TPSA) is 58.6 Å². The first-order valence-corrected chi connectivity index (χ1v) is 13.2. The molecule has 1 aromatic heterocycles. The van der Waals surface area contributed by atoms with Crippen LogP contribution in [0.4, 0.5) is 0 Å². The fourth-order valence-corrected chi connectivity index (χ4v) is 5.67. The Kier molecular flexibility index (Phi) is 8.17. The van der Waals surface area contributed by atoms with Gasteiger partial charge in [-0.25, -0.2) is 4.99 Å². The molecule has 1 unspecified atom stereocenters. The van der Waals surface area contributed by atoms with Gasteiger partial charge in [0.05, 0.1) is 17.1 Å². The second-order valence-corrected chi connectivity index (χ2v) is 10.3. The Balaban J connectivity index is 1.74. The normalized spacial score (nSPS) is 21.2. The molecule has 188 valence electrons. The molecule has 2 N–H and O–H groups in total. The van der Waals surface area contributed by atoms with E-state index in [1.54, 1.807) is 0 Å². The molecule has 0 bridgehead atoms. The minimum atomic E-state index is 0.181. The molecule has 2 aliphatic rings. The van der Waals surface area contributed by atoms with Crippen molar-refractivity contribution in [3.63, 3.8) is 0 Å². The Bertz CT molecular complexity index is 1100. The molecular formula is C30H41N3O2. The second kappa shape index (κ2) is 11.3. The molecule has 4 rings (SSSR count). The summed E-state index contributed by atoms with van der Waals surface area (Å²) in [7, 11) is 0. The number of aromatic nitrogens is 1. The summed E-state index contributed by atoms with van der Waals surface area (Å²) in [6, 6.07) is 8.35. The van der Waals surface area contributed by atoms with Crippen molar-refractivity contribution in [2.45, 2.75) is 72.1 Å². The quantitative estimate of drug-likeness (QED) is 0.407. The zero-order chi connectivity index (χ0) is 24.8. The van der Waals surface area contributed by atoms with Crippen LogP contribution in [0.25, 0.3) is 5.70 Å². The number of fused-ring (bicyclic) bond motifs is 1. The molecule has 5 heteroatoms. The number of allylic oxidation sites excluding steroid dienone is 3. The van der Waals surface area contributed by atoms with Crippen molar-refractivity contribution in [2.24, 2.45) is 10.9 Å². The number of aliphatic imine (C=N–C) groups is 1. The fraction of sp³-hybridized carbons (Fsp3) is 0.500. The van der Waals surface area contributed by atoms with Gasteiger partial charge in [-0.1, -0.05) is 32.9 Å². The summed E-state index contributed by atoms with van der Waals surface area (Å²) < 4.78 is 11.1. The minimum absolute atomic E-state index is 0.181. The SMILES string of the molecule is C\C=C/C(=N/C(=C/CC)c1ccc2c(c1)OCO2)c1cc(C)c(C2(CC(C)C)CCCNCC2)[nH]1. The number of rotatable bonds is 8. The molecule has 0 spiro atoms. The van der Waals surface area contributed by atoms with Crippen molar-refractivity contribution >= 4 is 11.4 Å². The number of nitrogens with one attached hydrogen (secondary N) is 2. The van der Waals surface area contributed by atoms with Crippen molar-refractivity contribution < 1.29 is 9.47 Å². The van der Waals surface area contributed by atoms with Crippen molar-refractivity contribution in [3.8, 4) is 11.5 Å². The van der Waals surface area contributed by atoms with Crippen LogP contribution in [0.5, 0.6) is 11.5 Å². The molecule has 1 aromatic carbocycles. The van der Waals surface area contributed by atoms with E-state index in [-0.39, 0.29) is 12.2 Å². The van der Waals surface area contributed by atoms with E-state index in [0.29, 0.717) is 5.92 Å². The Labute approximate surface area is 210 Å². The average molecular weight is 476 g/mol. The van der Waals surface area contributed by atoms with E-state index in [1.165, 1.54) is 36.9 Å². The summed E-state index contributed by atoms with van der Waals surface area (Å²) in [5, 5.41) is 3.61. The van der Waals surface area contributed by atoms with Gasteiger partial charge >= 0.3 is 0 Å². The van der Waals surface area contributed by atoms with Gasteiger partial charge < -0.3 is 19.8 Å². The number of benzene rings is 1. The Morgan fingerprint density at radius 3 is 2.74 bits per heavy atom. The van der Waals surface area contributed by atoms with E-state index >= 15 is 0 Å². The van der Waals surface area contributed by atoms with Crippen LogP contribution in [0.2, 0.25) is 0 Å². The summed E-state index contributed by atoms with van der Waals surface area (Å²) >= 11 is 0. The number of aryl methyl sites for hydroxylation is 1. The van der Waals surface area contributed by atoms with Crippen LogP contribution in [0.15, 0.2) is 47.5 Å². The van der Waals surface area contributed by atoms with Gasteiger partial charge in [-0.05, 0) is 101 Å². The largest absolute Gasteiger partial charge is 0.454 e. The maximum absolute atomic E-state index is 5.62. The standard InChI is InChI=1S/C30H41N3O2/c1-6-9-24(23-11-12-27-28(18-23)35-20-34-27)32-25(10-7-2)26-17-22(5)29(33-26)30(19-21(3)4)13-8-15-31-16-14-30/h7,9-12,17-18,21,31,33H,6,8,13-16,19-20H2,1-5H3/b10-7-,24-9+,32-25-. The molecular weight excluding hydrogens is 434 g/mol. The molecule has 5 nitrogen and oxygen atoms in total. The monoisotopic (exact) mass is 475 g/mol. The zero-order valence-corrected chi connectivity index (χ0v) is 22.0. The third kappa shape index (κ3) is 5.72. The first-order valence-electron chi connectivity index (χ1n) is 13.2. The van der Waals surface area contributed by atoms with Crippen LogP contribution in [0, 0.1) is 12.8 Å². The van der Waals surface area contributed by atoms with Crippen LogP contribution in [-0.2, 0) is 5.41 Å². The van der Waals surface area contributed by atoms with E-state index in [4.69, 9.17) is 14.5 Å². The number of hydrogen-bond acceptors (Lipinski definition) is 4. The lowest BCUT2D eigenvalue weighted by molar-refractivity contribution is 0.174. The molecule has 3 heterocycles. The van der Waals surface area contributed by atoms with E-state index < -0.39 is 0 Å². The van der Waals surface area contributed by atoms with E-state index in [9.17, 15) is 0 Å². The van der Waals surface area contributed by atoms with Crippen LogP contribution in [0.3, 0.4) is 0 Å². The fourth-order valence-electron chi connectivity index (χ4n) is 5.67. The summed E-state index contributed by atoms with van der Waals surface area (Å²) in [4.78, 5) is 9.04. The lowest BCUT2D eigenvalue weighted by Gasteiger charge is -2.34. The Hall–Kier alpha value is -2.79. The van der Waals surface area contributed by atoms with Gasteiger partial charge in [0, 0.05) is 16.7 Å². The van der Waals surface area contributed by atoms with Crippen molar-refractivity contribution in [1.82, 2.24) is 10.3 Å². The van der Waals surface area contributed by atoms with E-state index in [1.807, 2.05) is 19.1 Å². The van der Waals surface area contributed by atoms with Gasteiger partial charge in [0.2, 0.25) is 6.79 Å². The number of ether oxygens (including phenoxy) is 2. The highest BCUT2D eigenvalue weighted by molar-refractivity contribution is 6.10. The minimum Gasteiger partial charge on any atom is -0.454 e. The molecule has 0 saturated carbocycles. The van der Waals surface area contributed by atoms with Gasteiger partial charge in [-0.3, -0.25) is 0 Å². The predicted octanol–water partition coefficient (Wildman–Crippen LogP) is 6.93. The molecule has 35 heavy (non-hydrogen) atoms. The smallest absolute Gasteiger partial charge is 0.231 e. The third-order valence-electron chi connectivity index (χ3n) is 7.04. The maximum atomic E-state index is 5.62. The van der Waals surface area contributed by atoms with Gasteiger partial charge in [0.25, 0.3) is 0 Å². The average Bonchev–Trinajstić information content (AvgIpc) is 3.39. The highest BCUT2D eigenvalue weighted by Crippen LogP contribution is 2.41. The lowest BCUT2D eigenvalue weighted by Crippen LogP contribution is -2.31. The van der Waals surface area contributed by atoms with Gasteiger partial charge in [-0.15, -0.1) is 0 Å². The third-order valence-corrected chi connectivity index (χ3v) is 7.04. The Morgan fingerprint density at radius 1 is 1.14 bits per heavy atom. The van der Waals surface area contributed by atoms with Gasteiger partial charge in [-0.2, -0.15) is 0 Å². The van der Waals surface area contributed by atoms with Crippen LogP contribution in [-0.4, -0.2) is 30.6 Å². The molecule has 2 aromatic rings. The highest BCUT2D eigenvalue weighted by Gasteiger charge is 2.36. The lowest BCUT2D eigenvalue weighted by atomic mass is 9.71. The molecule has 1 fully saturated rings. The summed E-state index contributed by atoms with van der Waals surface area (Å²) in [6.45, 7) is 13.6. The highest BCUT2D eigenvalue weighted by atomic mass is 16.7. The van der Waals surface area contributed by atoms with Gasteiger partial charge in [0.15, 0.2) is 11.5 Å². The number of hydrogen-bond donors (Lipinski definition) is 2. The Morgan fingerprint density at radius 2 is 1.97 bits per heavy atom. The first kappa shape index (κ1) is 25.3. The molecule has 1 saturated heterocycles. The molecule has 0 amide bonds. The molecule has 2 aliphatic heterocycles. The zero-order valence-electron chi connectivity index (χ0n) is 22.0. The summed E-state index contributed by atoms with van der Waals surface area (Å²) in [5.74, 6) is 2.22. The molecule has 0 aliphatic carbocycles. The van der Waals surface area contributed by atoms with E-state index in [2.05, 4.69) is 68.4 Å². The first-order chi connectivity index (χ1) is 17.0. The molecule has 1 atom stereocenters.